The van der Waals surface area contributed by atoms with Crippen LogP contribution in [-0.4, -0.2) is 30.9 Å². The fraction of sp³-hybridized carbons (Fsp3) is 0.588. The van der Waals surface area contributed by atoms with E-state index in [2.05, 4.69) is 10.8 Å². The van der Waals surface area contributed by atoms with Crippen molar-refractivity contribution in [2.75, 3.05) is 13.7 Å². The fourth-order valence-electron chi connectivity index (χ4n) is 4.60. The van der Waals surface area contributed by atoms with Gasteiger partial charge in [0.2, 0.25) is 0 Å². The highest BCUT2D eigenvalue weighted by atomic mass is 32.2. The molecule has 1 aliphatic heterocycles. The van der Waals surface area contributed by atoms with Gasteiger partial charge in [-0.25, -0.2) is 4.79 Å². The first-order valence-electron chi connectivity index (χ1n) is 8.11. The molecule has 0 unspecified atom stereocenters. The average Bonchev–Trinajstić information content (AvgIpc) is 3.23. The number of pyridine rings is 1. The van der Waals surface area contributed by atoms with Crippen LogP contribution in [0.2, 0.25) is 0 Å². The molecule has 2 saturated carbocycles. The van der Waals surface area contributed by atoms with Gasteiger partial charge in [-0.2, -0.15) is 4.57 Å². The van der Waals surface area contributed by atoms with Crippen molar-refractivity contribution >= 4 is 23.7 Å². The van der Waals surface area contributed by atoms with E-state index in [1.807, 2.05) is 19.1 Å². The maximum absolute atomic E-state index is 12.2. The Labute approximate surface area is 139 Å². The molecule has 3 aliphatic rings. The number of fused-ring (bicyclic) bond motifs is 7. The molecular formula is C17H20NO4S+. The Morgan fingerprint density at radius 2 is 2.22 bits per heavy atom. The van der Waals surface area contributed by atoms with E-state index in [1.54, 1.807) is 11.8 Å². The lowest BCUT2D eigenvalue weighted by Gasteiger charge is -2.25. The lowest BCUT2D eigenvalue weighted by molar-refractivity contribution is -0.756. The summed E-state index contributed by atoms with van der Waals surface area (Å²) in [5.41, 5.74) is 0.626. The Bertz CT molecular complexity index is 677. The number of carbonyl (C=O) groups is 2. The summed E-state index contributed by atoms with van der Waals surface area (Å²) in [5.74, 6) is 0.514. The summed E-state index contributed by atoms with van der Waals surface area (Å²) in [6.45, 7) is 2.29. The van der Waals surface area contributed by atoms with E-state index < -0.39 is 0 Å². The van der Waals surface area contributed by atoms with Gasteiger partial charge in [-0.1, -0.05) is 0 Å². The lowest BCUT2D eigenvalue weighted by atomic mass is 9.85. The van der Waals surface area contributed by atoms with Crippen LogP contribution in [0.25, 0.3) is 0 Å². The van der Waals surface area contributed by atoms with E-state index in [1.165, 1.54) is 7.11 Å². The minimum absolute atomic E-state index is 0.0187. The molecule has 2 heterocycles. The van der Waals surface area contributed by atoms with Crippen molar-refractivity contribution in [1.82, 2.24) is 0 Å². The molecule has 2 aliphatic carbocycles. The van der Waals surface area contributed by atoms with Gasteiger partial charge in [0.15, 0.2) is 12.2 Å². The zero-order valence-corrected chi connectivity index (χ0v) is 14.0. The Kier molecular flexibility index (Phi) is 3.59. The molecule has 122 valence electrons. The molecule has 1 aromatic heterocycles. The van der Waals surface area contributed by atoms with Crippen molar-refractivity contribution in [1.29, 1.82) is 0 Å². The molecule has 0 aromatic carbocycles. The van der Waals surface area contributed by atoms with Gasteiger partial charge in [0.1, 0.15) is 5.56 Å². The highest BCUT2D eigenvalue weighted by molar-refractivity contribution is 8.00. The maximum atomic E-state index is 12.2. The van der Waals surface area contributed by atoms with E-state index in [9.17, 15) is 9.59 Å². The SMILES string of the molecule is CCOC(=O)[C@@H]1C[C@@H]2C[C@@H]1[C@H]1Sc3c(C(=O)OC)ccc[n+]3[C@H]21. The van der Waals surface area contributed by atoms with Gasteiger partial charge in [-0.15, -0.1) is 0 Å². The number of methoxy groups -OCH3 is 1. The average molecular weight is 334 g/mol. The highest BCUT2D eigenvalue weighted by Gasteiger charge is 2.63. The summed E-state index contributed by atoms with van der Waals surface area (Å²) < 4.78 is 12.4. The smallest absolute Gasteiger partial charge is 0.345 e. The maximum Gasteiger partial charge on any atom is 0.345 e. The largest absolute Gasteiger partial charge is 0.466 e. The molecule has 23 heavy (non-hydrogen) atoms. The molecule has 6 heteroatoms. The summed E-state index contributed by atoms with van der Waals surface area (Å²) in [5, 5.41) is 1.34. The molecule has 2 bridgehead atoms. The first-order valence-corrected chi connectivity index (χ1v) is 8.99. The number of hydrogen-bond donors (Lipinski definition) is 0. The molecule has 0 radical (unpaired) electrons. The second-order valence-electron chi connectivity index (χ2n) is 6.45. The zero-order chi connectivity index (χ0) is 16.1. The number of esters is 2. The summed E-state index contributed by atoms with van der Waals surface area (Å²) in [4.78, 5) is 24.2. The second-order valence-corrected chi connectivity index (χ2v) is 7.62. The standard InChI is InChI=1S/C17H20NO4S/c1-3-22-17(20)12-8-9-7-11(12)14-13(9)18-6-4-5-10(15(18)23-14)16(19)21-2/h4-6,9,11-14H,3,7-8H2,1-2H3/q+1/t9-,11-,12+,13+,14+/m0/s1. The third kappa shape index (κ3) is 2.11. The van der Waals surface area contributed by atoms with Gasteiger partial charge in [0, 0.05) is 12.0 Å². The number of nitrogens with zero attached hydrogens (tertiary/aromatic N) is 1. The van der Waals surface area contributed by atoms with Crippen molar-refractivity contribution in [3.8, 4) is 0 Å². The third-order valence-corrected chi connectivity index (χ3v) is 6.98. The van der Waals surface area contributed by atoms with Gasteiger partial charge in [-0.05, 0) is 43.5 Å². The minimum Gasteiger partial charge on any atom is -0.466 e. The first-order chi connectivity index (χ1) is 11.2. The number of ether oxygens (including phenoxy) is 2. The van der Waals surface area contributed by atoms with Gasteiger partial charge in [0.05, 0.1) is 24.9 Å². The minimum atomic E-state index is -0.295. The molecule has 4 rings (SSSR count). The number of aromatic nitrogens is 1. The van der Waals surface area contributed by atoms with Gasteiger partial charge < -0.3 is 9.47 Å². The summed E-state index contributed by atoms with van der Waals surface area (Å²) in [6.07, 6.45) is 4.04. The number of thioether (sulfide) groups is 1. The van der Waals surface area contributed by atoms with Crippen LogP contribution < -0.4 is 4.57 Å². The van der Waals surface area contributed by atoms with E-state index in [-0.39, 0.29) is 17.9 Å². The predicted octanol–water partition coefficient (Wildman–Crippen LogP) is 2.00. The molecule has 2 fully saturated rings. The van der Waals surface area contributed by atoms with Crippen LogP contribution in [0.4, 0.5) is 0 Å². The Morgan fingerprint density at radius 3 is 2.96 bits per heavy atom. The molecule has 0 N–H and O–H groups in total. The van der Waals surface area contributed by atoms with Gasteiger partial charge in [-0.3, -0.25) is 4.79 Å². The van der Waals surface area contributed by atoms with E-state index in [0.717, 1.165) is 17.9 Å². The zero-order valence-electron chi connectivity index (χ0n) is 13.2. The van der Waals surface area contributed by atoms with Gasteiger partial charge in [0.25, 0.3) is 5.03 Å². The quantitative estimate of drug-likeness (QED) is 0.625. The van der Waals surface area contributed by atoms with Crippen molar-refractivity contribution in [3.63, 3.8) is 0 Å². The molecule has 5 nitrogen and oxygen atoms in total. The van der Waals surface area contributed by atoms with Crippen LogP contribution >= 0.6 is 11.8 Å². The molecule has 0 saturated heterocycles. The van der Waals surface area contributed by atoms with Crippen LogP contribution in [0.1, 0.15) is 36.2 Å². The van der Waals surface area contributed by atoms with Crippen molar-refractivity contribution in [2.45, 2.75) is 36.1 Å². The topological polar surface area (TPSA) is 56.5 Å². The molecule has 1 aromatic rings. The normalized spacial score (nSPS) is 33.2. The van der Waals surface area contributed by atoms with Crippen LogP contribution in [0.3, 0.4) is 0 Å². The highest BCUT2D eigenvalue weighted by Crippen LogP contribution is 2.60. The number of carbonyl (C=O) groups excluding carboxylic acids is 2. The Morgan fingerprint density at radius 1 is 1.39 bits per heavy atom. The summed E-state index contributed by atoms with van der Waals surface area (Å²) in [7, 11) is 1.41. The summed E-state index contributed by atoms with van der Waals surface area (Å²) >= 11 is 1.73. The van der Waals surface area contributed by atoms with Crippen molar-refractivity contribution in [3.05, 3.63) is 23.9 Å². The predicted molar refractivity (Wildman–Crippen MR) is 83.0 cm³/mol. The van der Waals surface area contributed by atoms with Crippen LogP contribution in [0.5, 0.6) is 0 Å². The first kappa shape index (κ1) is 15.0. The number of hydrogen-bond acceptors (Lipinski definition) is 5. The van der Waals surface area contributed by atoms with E-state index >= 15 is 0 Å². The molecule has 0 spiro atoms. The van der Waals surface area contributed by atoms with E-state index in [0.29, 0.717) is 35.3 Å². The summed E-state index contributed by atoms with van der Waals surface area (Å²) in [6, 6.07) is 4.11. The molecule has 0 amide bonds. The Hall–Kier alpha value is -1.56. The van der Waals surface area contributed by atoms with Crippen LogP contribution in [0.15, 0.2) is 23.4 Å². The molecule has 5 atom stereocenters. The lowest BCUT2D eigenvalue weighted by Crippen LogP contribution is -2.46. The third-order valence-electron chi connectivity index (χ3n) is 5.43. The van der Waals surface area contributed by atoms with E-state index in [4.69, 9.17) is 9.47 Å². The van der Waals surface area contributed by atoms with Crippen LogP contribution in [0, 0.1) is 17.8 Å². The van der Waals surface area contributed by atoms with Gasteiger partial charge >= 0.3 is 11.9 Å². The fourth-order valence-corrected chi connectivity index (χ4v) is 6.41. The van der Waals surface area contributed by atoms with Crippen LogP contribution in [-0.2, 0) is 14.3 Å². The number of rotatable bonds is 3. The second kappa shape index (κ2) is 5.51. The Balaban J connectivity index is 1.65. The van der Waals surface area contributed by atoms with Crippen molar-refractivity contribution < 1.29 is 23.6 Å². The van der Waals surface area contributed by atoms with Crippen molar-refractivity contribution in [2.24, 2.45) is 17.8 Å². The molecular weight excluding hydrogens is 314 g/mol. The monoisotopic (exact) mass is 334 g/mol.